The van der Waals surface area contributed by atoms with Crippen LogP contribution in [-0.4, -0.2) is 49.1 Å². The van der Waals surface area contributed by atoms with Crippen LogP contribution in [0.5, 0.6) is 0 Å². The van der Waals surface area contributed by atoms with Crippen LogP contribution in [-0.2, 0) is 0 Å². The van der Waals surface area contributed by atoms with E-state index in [9.17, 15) is 0 Å². The fourth-order valence-electron chi connectivity index (χ4n) is 1.95. The second-order valence-electron chi connectivity index (χ2n) is 5.61. The van der Waals surface area contributed by atoms with E-state index in [1.54, 1.807) is 0 Å². The van der Waals surface area contributed by atoms with Gasteiger partial charge in [-0.15, -0.1) is 24.0 Å². The summed E-state index contributed by atoms with van der Waals surface area (Å²) in [5, 5.41) is 6.83. The molecule has 0 radical (unpaired) electrons. The second-order valence-corrected chi connectivity index (χ2v) is 5.61. The average Bonchev–Trinajstić information content (AvgIpc) is 2.74. The molecule has 18 heavy (non-hydrogen) atoms. The third kappa shape index (κ3) is 7.41. The third-order valence-electron chi connectivity index (χ3n) is 2.77. The molecule has 0 saturated carbocycles. The van der Waals surface area contributed by atoms with E-state index in [1.807, 2.05) is 0 Å². The molecular weight excluding hydrogens is 339 g/mol. The molecule has 108 valence electrons. The van der Waals surface area contributed by atoms with Gasteiger partial charge < -0.3 is 15.5 Å². The fourth-order valence-corrected chi connectivity index (χ4v) is 1.95. The first kappa shape index (κ1) is 18.0. The largest absolute Gasteiger partial charge is 0.357 e. The van der Waals surface area contributed by atoms with E-state index in [4.69, 9.17) is 0 Å². The normalized spacial score (nSPS) is 16.7. The zero-order valence-corrected chi connectivity index (χ0v) is 14.6. The summed E-state index contributed by atoms with van der Waals surface area (Å²) in [6.45, 7) is 13.7. The molecule has 0 unspecified atom stereocenters. The van der Waals surface area contributed by atoms with Gasteiger partial charge in [0.15, 0.2) is 5.96 Å². The van der Waals surface area contributed by atoms with Crippen molar-refractivity contribution < 1.29 is 0 Å². The van der Waals surface area contributed by atoms with Gasteiger partial charge in [-0.2, -0.15) is 0 Å². The third-order valence-corrected chi connectivity index (χ3v) is 2.77. The highest BCUT2D eigenvalue weighted by Crippen LogP contribution is 2.07. The van der Waals surface area contributed by atoms with Crippen molar-refractivity contribution in [3.63, 3.8) is 0 Å². The van der Waals surface area contributed by atoms with Gasteiger partial charge in [0.25, 0.3) is 0 Å². The van der Waals surface area contributed by atoms with Gasteiger partial charge in [-0.3, -0.25) is 4.99 Å². The highest BCUT2D eigenvalue weighted by Gasteiger charge is 2.15. The molecule has 1 rings (SSSR count). The number of nitrogens with zero attached hydrogens (tertiary/aromatic N) is 2. The Hall–Kier alpha value is -0.0400. The fraction of sp³-hybridized carbons (Fsp3) is 0.923. The number of aliphatic imine (C=N–C) groups is 1. The number of nitrogens with one attached hydrogen (secondary N) is 2. The highest BCUT2D eigenvalue weighted by atomic mass is 127. The number of likely N-dealkylation sites (tertiary alicyclic amines) is 1. The molecule has 2 N–H and O–H groups in total. The summed E-state index contributed by atoms with van der Waals surface area (Å²) in [7, 11) is 0. The van der Waals surface area contributed by atoms with Crippen LogP contribution in [0, 0.1) is 0 Å². The van der Waals surface area contributed by atoms with Crippen LogP contribution in [0.3, 0.4) is 0 Å². The lowest BCUT2D eigenvalue weighted by Gasteiger charge is -2.22. The molecule has 0 amide bonds. The van der Waals surface area contributed by atoms with Gasteiger partial charge in [0, 0.05) is 31.7 Å². The SMILES string of the molecule is CCNC(=NCCNC(C)(C)C)N1CCCC1.I. The lowest BCUT2D eigenvalue weighted by Crippen LogP contribution is -2.41. The van der Waals surface area contributed by atoms with E-state index in [1.165, 1.54) is 12.8 Å². The molecule has 1 aliphatic rings. The zero-order chi connectivity index (χ0) is 12.7. The first-order valence-corrected chi connectivity index (χ1v) is 6.81. The van der Waals surface area contributed by atoms with Crippen molar-refractivity contribution >= 4 is 29.9 Å². The standard InChI is InChI=1S/C13H28N4.HI/c1-5-14-12(17-10-6-7-11-17)15-8-9-16-13(2,3)4;/h16H,5-11H2,1-4H3,(H,14,15);1H. The Morgan fingerprint density at radius 1 is 1.22 bits per heavy atom. The Morgan fingerprint density at radius 3 is 2.33 bits per heavy atom. The predicted octanol–water partition coefficient (Wildman–Crippen LogP) is 2.05. The van der Waals surface area contributed by atoms with Crippen molar-refractivity contribution in [2.45, 2.75) is 46.1 Å². The van der Waals surface area contributed by atoms with Crippen LogP contribution in [0.2, 0.25) is 0 Å². The predicted molar refractivity (Wildman–Crippen MR) is 90.0 cm³/mol. The van der Waals surface area contributed by atoms with Crippen molar-refractivity contribution in [3.8, 4) is 0 Å². The molecule has 1 fully saturated rings. The minimum atomic E-state index is 0. The van der Waals surface area contributed by atoms with Gasteiger partial charge in [0.2, 0.25) is 0 Å². The first-order chi connectivity index (χ1) is 8.03. The summed E-state index contributed by atoms with van der Waals surface area (Å²) < 4.78 is 0. The quantitative estimate of drug-likeness (QED) is 0.345. The lowest BCUT2D eigenvalue weighted by atomic mass is 10.1. The summed E-state index contributed by atoms with van der Waals surface area (Å²) in [5.74, 6) is 1.08. The number of rotatable bonds is 4. The minimum absolute atomic E-state index is 0. The molecule has 1 saturated heterocycles. The van der Waals surface area contributed by atoms with Crippen LogP contribution < -0.4 is 10.6 Å². The summed E-state index contributed by atoms with van der Waals surface area (Å²) in [4.78, 5) is 7.03. The minimum Gasteiger partial charge on any atom is -0.357 e. The maximum atomic E-state index is 4.67. The van der Waals surface area contributed by atoms with E-state index in [2.05, 4.69) is 48.2 Å². The summed E-state index contributed by atoms with van der Waals surface area (Å²) >= 11 is 0. The molecule has 0 atom stereocenters. The molecule has 1 aliphatic heterocycles. The summed E-state index contributed by atoms with van der Waals surface area (Å²) in [5.41, 5.74) is 0.182. The smallest absolute Gasteiger partial charge is 0.193 e. The van der Waals surface area contributed by atoms with Crippen molar-refractivity contribution in [1.29, 1.82) is 0 Å². The van der Waals surface area contributed by atoms with E-state index < -0.39 is 0 Å². The topological polar surface area (TPSA) is 39.7 Å². The maximum Gasteiger partial charge on any atom is 0.193 e. The van der Waals surface area contributed by atoms with E-state index in [0.29, 0.717) is 0 Å². The summed E-state index contributed by atoms with van der Waals surface area (Å²) in [6, 6.07) is 0. The molecule has 0 bridgehead atoms. The zero-order valence-electron chi connectivity index (χ0n) is 12.3. The Bertz CT molecular complexity index is 242. The van der Waals surface area contributed by atoms with Gasteiger partial charge >= 0.3 is 0 Å². The van der Waals surface area contributed by atoms with Gasteiger partial charge in [-0.1, -0.05) is 0 Å². The van der Waals surface area contributed by atoms with Crippen LogP contribution in [0.15, 0.2) is 4.99 Å². The number of hydrogen-bond acceptors (Lipinski definition) is 2. The van der Waals surface area contributed by atoms with Crippen LogP contribution >= 0.6 is 24.0 Å². The monoisotopic (exact) mass is 368 g/mol. The second kappa shape index (κ2) is 8.96. The van der Waals surface area contributed by atoms with Gasteiger partial charge in [-0.25, -0.2) is 0 Å². The average molecular weight is 368 g/mol. The Kier molecular flexibility index (Phi) is 8.94. The van der Waals surface area contributed by atoms with Crippen molar-refractivity contribution in [2.75, 3.05) is 32.7 Å². The maximum absolute atomic E-state index is 4.67. The molecule has 0 aromatic rings. The van der Waals surface area contributed by atoms with E-state index >= 15 is 0 Å². The van der Waals surface area contributed by atoms with Crippen LogP contribution in [0.25, 0.3) is 0 Å². The van der Waals surface area contributed by atoms with Crippen molar-refractivity contribution in [2.24, 2.45) is 4.99 Å². The Labute approximate surface area is 129 Å². The highest BCUT2D eigenvalue weighted by molar-refractivity contribution is 14.0. The van der Waals surface area contributed by atoms with Crippen LogP contribution in [0.4, 0.5) is 0 Å². The summed E-state index contributed by atoms with van der Waals surface area (Å²) in [6.07, 6.45) is 2.59. The van der Waals surface area contributed by atoms with E-state index in [0.717, 1.165) is 38.7 Å². The molecule has 0 aliphatic carbocycles. The molecule has 0 aromatic heterocycles. The van der Waals surface area contributed by atoms with Crippen molar-refractivity contribution in [3.05, 3.63) is 0 Å². The number of hydrogen-bond donors (Lipinski definition) is 2. The molecule has 5 heteroatoms. The lowest BCUT2D eigenvalue weighted by molar-refractivity contribution is 0.430. The Morgan fingerprint density at radius 2 is 1.83 bits per heavy atom. The van der Waals surface area contributed by atoms with Crippen LogP contribution in [0.1, 0.15) is 40.5 Å². The van der Waals surface area contributed by atoms with Gasteiger partial charge in [-0.05, 0) is 40.5 Å². The van der Waals surface area contributed by atoms with Gasteiger partial charge in [0.1, 0.15) is 0 Å². The number of guanidine groups is 1. The Balaban J connectivity index is 0.00000289. The molecule has 0 spiro atoms. The van der Waals surface area contributed by atoms with Gasteiger partial charge in [0.05, 0.1) is 6.54 Å². The first-order valence-electron chi connectivity index (χ1n) is 6.81. The molecular formula is C13H29IN4. The molecule has 1 heterocycles. The van der Waals surface area contributed by atoms with Crippen molar-refractivity contribution in [1.82, 2.24) is 15.5 Å². The van der Waals surface area contributed by atoms with E-state index in [-0.39, 0.29) is 29.5 Å². The molecule has 4 nitrogen and oxygen atoms in total. The number of halogens is 1. The molecule has 0 aromatic carbocycles.